The minimum atomic E-state index is -1.83. The monoisotopic (exact) mass is 374 g/mol. The van der Waals surface area contributed by atoms with Crippen LogP contribution in [-0.2, 0) is 0 Å². The van der Waals surface area contributed by atoms with Crippen LogP contribution >= 0.6 is 7.41 Å². The van der Waals surface area contributed by atoms with Crippen molar-refractivity contribution in [2.75, 3.05) is 46.7 Å². The van der Waals surface area contributed by atoms with Gasteiger partial charge in [-0.2, -0.15) is 0 Å². The number of carbonyl (C=O) groups excluding carboxylic acids is 1. The van der Waals surface area contributed by atoms with Gasteiger partial charge >= 0.3 is 6.03 Å². The maximum absolute atomic E-state index is 13.0. The molecule has 7 heteroatoms. The number of nitrogens with zero attached hydrogens (tertiary/aromatic N) is 4. The quantitative estimate of drug-likeness (QED) is 0.241. The van der Waals surface area contributed by atoms with Gasteiger partial charge in [-0.25, -0.2) is 4.79 Å². The Morgan fingerprint density at radius 3 is 1.52 bits per heavy atom. The second kappa shape index (κ2) is 12.3. The van der Waals surface area contributed by atoms with Crippen molar-refractivity contribution in [2.45, 2.75) is 59.3 Å². The summed E-state index contributed by atoms with van der Waals surface area (Å²) in [6.45, 7) is 6.53. The molecule has 0 rings (SSSR count). The van der Waals surface area contributed by atoms with Crippen LogP contribution in [0.5, 0.6) is 0 Å². The summed E-state index contributed by atoms with van der Waals surface area (Å²) in [5.74, 6) is 0. The Labute approximate surface area is 155 Å². The van der Waals surface area contributed by atoms with Crippen molar-refractivity contribution in [3.63, 3.8) is 0 Å². The summed E-state index contributed by atoms with van der Waals surface area (Å²) >= 11 is 0. The van der Waals surface area contributed by atoms with E-state index in [4.69, 9.17) is 0 Å². The third kappa shape index (κ3) is 7.81. The summed E-state index contributed by atoms with van der Waals surface area (Å²) < 4.78 is 1.62. The van der Waals surface area contributed by atoms with E-state index in [0.29, 0.717) is 0 Å². The zero-order valence-corrected chi connectivity index (χ0v) is 18.3. The Morgan fingerprint density at radius 2 is 1.24 bits per heavy atom. The SMILES string of the molecule is CCCC[P+](CCCC)(CCCC)N(/N=C(\[O-])N(C)C)C(=O)N(C)C. The number of unbranched alkanes of at least 4 members (excludes halogenated alkanes) is 3. The van der Waals surface area contributed by atoms with Crippen LogP contribution in [0.2, 0.25) is 0 Å². The molecule has 0 aliphatic rings. The first-order valence-corrected chi connectivity index (χ1v) is 11.9. The normalized spacial score (nSPS) is 12.2. The van der Waals surface area contributed by atoms with Crippen LogP contribution in [-0.4, -0.2) is 73.3 Å². The second-order valence-electron chi connectivity index (χ2n) is 7.07. The molecule has 0 saturated heterocycles. The Balaban J connectivity index is 6.04. The highest BCUT2D eigenvalue weighted by atomic mass is 31.2. The minimum Gasteiger partial charge on any atom is -0.845 e. The van der Waals surface area contributed by atoms with Crippen LogP contribution in [0.3, 0.4) is 0 Å². The van der Waals surface area contributed by atoms with Gasteiger partial charge in [0.15, 0.2) is 0 Å². The molecule has 0 radical (unpaired) electrons. The number of hydrazone groups is 1. The Bertz CT molecular complexity index is 392. The molecule has 0 saturated carbocycles. The molecule has 0 N–H and O–H groups in total. The topological polar surface area (TPSA) is 62.2 Å². The fourth-order valence-electron chi connectivity index (χ4n) is 2.65. The third-order valence-electron chi connectivity index (χ3n) is 4.30. The largest absolute Gasteiger partial charge is 0.845 e. The van der Waals surface area contributed by atoms with E-state index in [1.807, 2.05) is 0 Å². The summed E-state index contributed by atoms with van der Waals surface area (Å²) in [4.78, 5) is 15.9. The van der Waals surface area contributed by atoms with Gasteiger partial charge in [-0.3, -0.25) is 0 Å². The minimum absolute atomic E-state index is 0.160. The number of hydrogen-bond acceptors (Lipinski definition) is 3. The van der Waals surface area contributed by atoms with Crippen molar-refractivity contribution in [1.29, 1.82) is 0 Å². The molecule has 0 aromatic carbocycles. The molecule has 6 nitrogen and oxygen atoms in total. The first kappa shape index (κ1) is 24.0. The molecule has 0 unspecified atom stereocenters. The highest BCUT2D eigenvalue weighted by molar-refractivity contribution is 7.74. The predicted molar refractivity (Wildman–Crippen MR) is 108 cm³/mol. The molecule has 148 valence electrons. The van der Waals surface area contributed by atoms with E-state index in [9.17, 15) is 9.90 Å². The molecule has 2 amide bonds. The lowest BCUT2D eigenvalue weighted by molar-refractivity contribution is -0.233. The Kier molecular flexibility index (Phi) is 11.8. The molecular formula is C18H39N4O2P. The maximum Gasteiger partial charge on any atom is 0.372 e. The van der Waals surface area contributed by atoms with E-state index in [1.54, 1.807) is 37.9 Å². The standard InChI is InChI=1S/C18H39N4O2P/c1-8-11-14-25(15-12-9-2,16-13-10-3)22(18(24)21(6)7)19-17(23)20(4)5/h8-16H2,1-7H3. The molecule has 0 spiro atoms. The van der Waals surface area contributed by atoms with Gasteiger partial charge in [0, 0.05) is 28.2 Å². The molecule has 0 aromatic rings. The van der Waals surface area contributed by atoms with Crippen LogP contribution in [0.15, 0.2) is 5.10 Å². The molecule has 25 heavy (non-hydrogen) atoms. The number of rotatable bonds is 11. The Morgan fingerprint density at radius 1 is 0.840 bits per heavy atom. The van der Waals surface area contributed by atoms with Crippen LogP contribution < -0.4 is 5.11 Å². The zero-order valence-electron chi connectivity index (χ0n) is 17.4. The lowest BCUT2D eigenvalue weighted by atomic mass is 10.4. The van der Waals surface area contributed by atoms with Gasteiger partial charge in [0.2, 0.25) is 0 Å². The van der Waals surface area contributed by atoms with Crippen LogP contribution in [0, 0.1) is 0 Å². The number of urea groups is 1. The van der Waals surface area contributed by atoms with Gasteiger partial charge in [-0.1, -0.05) is 44.8 Å². The van der Waals surface area contributed by atoms with Gasteiger partial charge < -0.3 is 14.9 Å². The fourth-order valence-corrected chi connectivity index (χ4v) is 7.41. The number of hydrogen-bond donors (Lipinski definition) is 0. The smallest absolute Gasteiger partial charge is 0.372 e. The first-order valence-electron chi connectivity index (χ1n) is 9.56. The van der Waals surface area contributed by atoms with Gasteiger partial charge in [-0.15, -0.1) is 5.10 Å². The molecular weight excluding hydrogens is 335 g/mol. The first-order chi connectivity index (χ1) is 11.8. The number of carbonyl (C=O) groups is 1. The van der Waals surface area contributed by atoms with Gasteiger partial charge in [0.25, 0.3) is 0 Å². The summed E-state index contributed by atoms with van der Waals surface area (Å²) in [5.41, 5.74) is 0. The molecule has 0 bridgehead atoms. The summed E-state index contributed by atoms with van der Waals surface area (Å²) in [7, 11) is 4.99. The average Bonchev–Trinajstić information content (AvgIpc) is 2.58. The van der Waals surface area contributed by atoms with Crippen LogP contribution in [0.1, 0.15) is 59.3 Å². The van der Waals surface area contributed by atoms with E-state index in [2.05, 4.69) is 25.9 Å². The number of amides is 2. The molecule has 0 fully saturated rings. The fraction of sp³-hybridized carbons (Fsp3) is 0.889. The molecule has 0 aromatic heterocycles. The van der Waals surface area contributed by atoms with E-state index >= 15 is 0 Å². The summed E-state index contributed by atoms with van der Waals surface area (Å²) in [6, 6.07) is -0.518. The van der Waals surface area contributed by atoms with Crippen molar-refractivity contribution in [3.05, 3.63) is 0 Å². The maximum atomic E-state index is 13.0. The molecule has 0 aliphatic heterocycles. The van der Waals surface area contributed by atoms with Gasteiger partial charge in [0.1, 0.15) is 7.41 Å². The highest BCUT2D eigenvalue weighted by Crippen LogP contribution is 2.64. The summed E-state index contributed by atoms with van der Waals surface area (Å²) in [5, 5.41) is 16.6. The average molecular weight is 375 g/mol. The van der Waals surface area contributed by atoms with Crippen LogP contribution in [0.4, 0.5) is 4.79 Å². The van der Waals surface area contributed by atoms with Crippen molar-refractivity contribution >= 4 is 19.5 Å². The van der Waals surface area contributed by atoms with E-state index < -0.39 is 7.41 Å². The lowest BCUT2D eigenvalue weighted by Crippen LogP contribution is -2.43. The van der Waals surface area contributed by atoms with Crippen molar-refractivity contribution in [3.8, 4) is 0 Å². The summed E-state index contributed by atoms with van der Waals surface area (Å²) in [6.07, 6.45) is 9.47. The molecule has 0 atom stereocenters. The zero-order chi connectivity index (χ0) is 19.5. The second-order valence-corrected chi connectivity index (χ2v) is 11.0. The van der Waals surface area contributed by atoms with Crippen molar-refractivity contribution in [1.82, 2.24) is 14.6 Å². The Hall–Kier alpha value is -1.03. The third-order valence-corrected chi connectivity index (χ3v) is 8.81. The van der Waals surface area contributed by atoms with E-state index in [-0.39, 0.29) is 12.1 Å². The highest BCUT2D eigenvalue weighted by Gasteiger charge is 2.47. The van der Waals surface area contributed by atoms with E-state index in [0.717, 1.165) is 57.0 Å². The van der Waals surface area contributed by atoms with E-state index in [1.165, 1.54) is 4.90 Å². The molecule has 0 heterocycles. The lowest BCUT2D eigenvalue weighted by Gasteiger charge is -2.36. The van der Waals surface area contributed by atoms with Gasteiger partial charge in [-0.05, 0) is 19.3 Å². The molecule has 0 aliphatic carbocycles. The van der Waals surface area contributed by atoms with Crippen molar-refractivity contribution in [2.24, 2.45) is 5.10 Å². The van der Waals surface area contributed by atoms with Crippen molar-refractivity contribution < 1.29 is 9.90 Å². The van der Waals surface area contributed by atoms with Crippen LogP contribution in [0.25, 0.3) is 0 Å². The number of amidine groups is 1. The predicted octanol–water partition coefficient (Wildman–Crippen LogP) is 3.50. The van der Waals surface area contributed by atoms with Gasteiger partial charge in [0.05, 0.1) is 24.5 Å².